The van der Waals surface area contributed by atoms with Gasteiger partial charge in [0.2, 0.25) is 0 Å². The average molecular weight is 515 g/mol. The van der Waals surface area contributed by atoms with Crippen LogP contribution in [-0.4, -0.2) is 65.1 Å². The van der Waals surface area contributed by atoms with Crippen molar-refractivity contribution >= 4 is 16.7 Å². The third kappa shape index (κ3) is 10.7. The minimum absolute atomic E-state index is 0.617. The molecule has 4 nitrogen and oxygen atoms in total. The van der Waals surface area contributed by atoms with Gasteiger partial charge in [-0.05, 0) is 99.3 Å². The second-order valence-corrected chi connectivity index (χ2v) is 25.8. The first-order chi connectivity index (χ1) is 16.3. The Morgan fingerprint density at radius 2 is 1.06 bits per heavy atom. The average Bonchev–Trinajstić information content (AvgIpc) is 2.83. The van der Waals surface area contributed by atoms with E-state index in [-0.39, 0.29) is 0 Å². The topological polar surface area (TPSA) is 36.9 Å². The van der Waals surface area contributed by atoms with Crippen LogP contribution in [0.5, 0.6) is 0 Å². The van der Waals surface area contributed by atoms with Crippen LogP contribution in [0, 0.1) is 23.7 Å². The van der Waals surface area contributed by atoms with E-state index in [1.807, 2.05) is 0 Å². The predicted molar refractivity (Wildman–Crippen MR) is 151 cm³/mol. The van der Waals surface area contributed by atoms with E-state index < -0.39 is 16.7 Å². The Hall–Kier alpha value is -0.433. The maximum atomic E-state index is 6.21. The first kappa shape index (κ1) is 29.8. The molecule has 2 saturated carbocycles. The third-order valence-electron chi connectivity index (χ3n) is 8.62. The van der Waals surface area contributed by atoms with Crippen LogP contribution in [0.1, 0.15) is 51.4 Å². The number of hydrogen-bond acceptors (Lipinski definition) is 4. The molecule has 0 aliphatic heterocycles. The van der Waals surface area contributed by atoms with Gasteiger partial charge in [-0.15, -0.1) is 0 Å². The van der Waals surface area contributed by atoms with Crippen LogP contribution in [0.25, 0.3) is 0 Å². The van der Waals surface area contributed by atoms with Crippen molar-refractivity contribution < 1.29 is 18.9 Å². The lowest BCUT2D eigenvalue weighted by molar-refractivity contribution is 0.0742. The summed E-state index contributed by atoms with van der Waals surface area (Å²) in [5, 5.41) is 0. The molecule has 0 amide bonds. The van der Waals surface area contributed by atoms with E-state index in [2.05, 4.69) is 38.8 Å². The van der Waals surface area contributed by atoms with Crippen molar-refractivity contribution in [3.05, 3.63) is 25.7 Å². The molecule has 0 aromatic heterocycles. The van der Waals surface area contributed by atoms with Crippen molar-refractivity contribution in [1.29, 1.82) is 0 Å². The predicted octanol–water partition coefficient (Wildman–Crippen LogP) is 7.22. The van der Waals surface area contributed by atoms with Crippen molar-refractivity contribution in [2.45, 2.75) is 70.5 Å². The van der Waals surface area contributed by atoms with Crippen molar-refractivity contribution in [2.24, 2.45) is 23.7 Å². The molecule has 2 aliphatic carbocycles. The van der Waals surface area contributed by atoms with Gasteiger partial charge in [0.1, 0.15) is 0 Å². The molecule has 6 heteroatoms. The number of ether oxygens (including phenoxy) is 4. The number of hydrogen-bond donors (Lipinski definition) is 0. The zero-order chi connectivity index (χ0) is 24.9. The molecule has 0 unspecified atom stereocenters. The molecule has 0 aromatic carbocycles. The SMILES string of the molecule is C=COCC1CCC(COCC[Si](C)(C)S(C)(C)CCOCC2CCC(COC=C)CC2)CC1. The molecule has 0 aromatic rings. The van der Waals surface area contributed by atoms with Gasteiger partial charge in [0.15, 0.2) is 0 Å². The summed E-state index contributed by atoms with van der Waals surface area (Å²) < 4.78 is 23.2. The van der Waals surface area contributed by atoms with Crippen LogP contribution in [0.4, 0.5) is 0 Å². The Kier molecular flexibility index (Phi) is 13.7. The normalized spacial score (nSPS) is 26.6. The second kappa shape index (κ2) is 15.6. The molecule has 2 fully saturated rings. The van der Waals surface area contributed by atoms with Gasteiger partial charge in [-0.2, -0.15) is 0 Å². The van der Waals surface area contributed by atoms with Crippen molar-refractivity contribution in [3.63, 3.8) is 0 Å². The Balaban J connectivity index is 1.55. The van der Waals surface area contributed by atoms with E-state index in [1.54, 1.807) is 12.5 Å². The Labute approximate surface area is 213 Å². The molecule has 2 aliphatic rings. The van der Waals surface area contributed by atoms with Crippen LogP contribution in [0.15, 0.2) is 25.7 Å². The number of rotatable bonds is 17. The zero-order valence-electron chi connectivity index (χ0n) is 22.7. The Morgan fingerprint density at radius 3 is 1.47 bits per heavy atom. The summed E-state index contributed by atoms with van der Waals surface area (Å²) in [7, 11) is -1.94. The Morgan fingerprint density at radius 1 is 0.676 bits per heavy atom. The van der Waals surface area contributed by atoms with E-state index >= 15 is 0 Å². The summed E-state index contributed by atoms with van der Waals surface area (Å²) in [5.74, 6) is 4.13. The molecule has 200 valence electrons. The minimum Gasteiger partial charge on any atom is -0.502 e. The lowest BCUT2D eigenvalue weighted by Crippen LogP contribution is -2.37. The summed E-state index contributed by atoms with van der Waals surface area (Å²) in [6.07, 6.45) is 18.4. The molecule has 0 radical (unpaired) electrons. The van der Waals surface area contributed by atoms with Crippen LogP contribution in [0.3, 0.4) is 0 Å². The van der Waals surface area contributed by atoms with E-state index in [9.17, 15) is 0 Å². The lowest BCUT2D eigenvalue weighted by atomic mass is 9.83. The van der Waals surface area contributed by atoms with E-state index in [1.165, 1.54) is 63.2 Å². The second-order valence-electron chi connectivity index (χ2n) is 11.7. The molecule has 2 rings (SSSR count). The van der Waals surface area contributed by atoms with Crippen LogP contribution in [-0.2, 0) is 18.9 Å². The molecule has 0 spiro atoms. The van der Waals surface area contributed by atoms with Crippen molar-refractivity contribution in [1.82, 2.24) is 0 Å². The van der Waals surface area contributed by atoms with Gasteiger partial charge in [-0.3, -0.25) is 9.48 Å². The fourth-order valence-corrected chi connectivity index (χ4v) is 11.3. The molecular formula is C28H54O4SSi. The monoisotopic (exact) mass is 514 g/mol. The van der Waals surface area contributed by atoms with E-state index in [0.29, 0.717) is 11.8 Å². The van der Waals surface area contributed by atoms with Gasteiger partial charge in [0, 0.05) is 19.8 Å². The first-order valence-corrected chi connectivity index (χ1v) is 20.1. The summed E-state index contributed by atoms with van der Waals surface area (Å²) in [6, 6.07) is 1.27. The van der Waals surface area contributed by atoms with Gasteiger partial charge in [-0.25, -0.2) is 0 Å². The maximum absolute atomic E-state index is 6.21. The fraction of sp³-hybridized carbons (Fsp3) is 0.857. The molecular weight excluding hydrogens is 460 g/mol. The van der Waals surface area contributed by atoms with Gasteiger partial charge in [-0.1, -0.05) is 26.3 Å². The van der Waals surface area contributed by atoms with E-state index in [0.717, 1.165) is 51.5 Å². The lowest BCUT2D eigenvalue weighted by Gasteiger charge is -2.45. The molecule has 0 N–H and O–H groups in total. The summed E-state index contributed by atoms with van der Waals surface area (Å²) >= 11 is 0. The Bertz CT molecular complexity index is 517. The van der Waals surface area contributed by atoms with Crippen molar-refractivity contribution in [2.75, 3.05) is 57.9 Å². The molecule has 0 atom stereocenters. The maximum Gasteiger partial charge on any atom is 0.0942 e. The van der Waals surface area contributed by atoms with Gasteiger partial charge in [0.25, 0.3) is 0 Å². The summed E-state index contributed by atoms with van der Waals surface area (Å²) in [6.45, 7) is 17.9. The highest BCUT2D eigenvalue weighted by molar-refractivity contribution is 8.55. The standard InChI is InChI=1S/C28H54O4SSi/c1-7-29-21-25-9-13-27(14-10-25)23-31-17-19-33(3,4)34(5,6)20-18-32-24-28-15-11-26(12-16-28)22-30-8-2/h7-8,25-28H,1-2,9-24H2,3-6H3. The zero-order valence-corrected chi connectivity index (χ0v) is 24.5. The summed E-state index contributed by atoms with van der Waals surface area (Å²) in [5.41, 5.74) is 0. The van der Waals surface area contributed by atoms with E-state index in [4.69, 9.17) is 18.9 Å². The summed E-state index contributed by atoms with van der Waals surface area (Å²) in [4.78, 5) is 0. The van der Waals surface area contributed by atoms with Gasteiger partial charge < -0.3 is 18.9 Å². The van der Waals surface area contributed by atoms with Gasteiger partial charge >= 0.3 is 0 Å². The quantitative estimate of drug-likeness (QED) is 0.117. The van der Waals surface area contributed by atoms with Crippen molar-refractivity contribution in [3.8, 4) is 0 Å². The van der Waals surface area contributed by atoms with Crippen LogP contribution in [0.2, 0.25) is 19.1 Å². The molecule has 0 bridgehead atoms. The largest absolute Gasteiger partial charge is 0.502 e. The van der Waals surface area contributed by atoms with Crippen LogP contribution < -0.4 is 0 Å². The smallest absolute Gasteiger partial charge is 0.0942 e. The highest BCUT2D eigenvalue weighted by Crippen LogP contribution is 2.51. The van der Waals surface area contributed by atoms with Crippen LogP contribution >= 0.6 is 9.48 Å². The highest BCUT2D eigenvalue weighted by atomic mass is 32.5. The molecule has 0 saturated heterocycles. The first-order valence-electron chi connectivity index (χ1n) is 13.6. The fourth-order valence-electron chi connectivity index (χ4n) is 5.18. The van der Waals surface area contributed by atoms with Gasteiger partial charge in [0.05, 0.1) is 39.6 Å². The molecule has 0 heterocycles. The third-order valence-corrected chi connectivity index (χ3v) is 24.4. The minimum atomic E-state index is -1.32. The molecule has 34 heavy (non-hydrogen) atoms. The highest BCUT2D eigenvalue weighted by Gasteiger charge is 2.34.